The van der Waals surface area contributed by atoms with Crippen molar-refractivity contribution in [2.75, 3.05) is 13.2 Å². The van der Waals surface area contributed by atoms with E-state index in [-0.39, 0.29) is 24.1 Å². The van der Waals surface area contributed by atoms with E-state index in [4.69, 9.17) is 0 Å². The van der Waals surface area contributed by atoms with E-state index in [0.717, 1.165) is 45.1 Å². The lowest BCUT2D eigenvalue weighted by Crippen LogP contribution is -2.60. The molecule has 1 heterocycles. The smallest absolute Gasteiger partial charge is 0.237 e. The quantitative estimate of drug-likeness (QED) is 0.624. The van der Waals surface area contributed by atoms with Gasteiger partial charge in [0.25, 0.3) is 0 Å². The highest BCUT2D eigenvalue weighted by atomic mass is 16.3. The van der Waals surface area contributed by atoms with E-state index in [1.807, 2.05) is 0 Å². The van der Waals surface area contributed by atoms with Crippen molar-refractivity contribution in [3.05, 3.63) is 0 Å². The molecule has 0 aromatic heterocycles. The Morgan fingerprint density at radius 2 is 2.20 bits per heavy atom. The molecule has 1 saturated carbocycles. The summed E-state index contributed by atoms with van der Waals surface area (Å²) in [5.41, 5.74) is -0.160. The molecular weight excluding hydrogens is 192 g/mol. The Bertz CT molecular complexity index is 233. The normalized spacial score (nSPS) is 30.2. The zero-order valence-corrected chi connectivity index (χ0v) is 9.09. The zero-order valence-electron chi connectivity index (χ0n) is 9.09. The summed E-state index contributed by atoms with van der Waals surface area (Å²) >= 11 is 0. The third-order valence-electron chi connectivity index (χ3n) is 3.63. The second-order valence-electron chi connectivity index (χ2n) is 4.78. The van der Waals surface area contributed by atoms with E-state index >= 15 is 0 Å². The number of carbonyl (C=O) groups excluding carboxylic acids is 1. The number of hydrogen-bond donors (Lipinski definition) is 3. The summed E-state index contributed by atoms with van der Waals surface area (Å²) in [7, 11) is 0. The maximum atomic E-state index is 11.7. The fraction of sp³-hybridized carbons (Fsp3) is 0.909. The lowest BCUT2D eigenvalue weighted by Gasteiger charge is -2.43. The summed E-state index contributed by atoms with van der Waals surface area (Å²) in [6.07, 6.45) is 6.18. The van der Waals surface area contributed by atoms with Gasteiger partial charge in [0, 0.05) is 12.1 Å². The average Bonchev–Trinajstić information content (AvgIpc) is 2.37. The molecule has 2 fully saturated rings. The van der Waals surface area contributed by atoms with Crippen LogP contribution in [0.3, 0.4) is 0 Å². The minimum atomic E-state index is -0.160. The molecule has 2 rings (SSSR count). The van der Waals surface area contributed by atoms with E-state index in [0.29, 0.717) is 0 Å². The van der Waals surface area contributed by atoms with Gasteiger partial charge in [0.2, 0.25) is 5.91 Å². The van der Waals surface area contributed by atoms with Crippen molar-refractivity contribution in [3.63, 3.8) is 0 Å². The lowest BCUT2D eigenvalue weighted by atomic mass is 9.76. The van der Waals surface area contributed by atoms with Crippen molar-refractivity contribution in [3.8, 4) is 0 Å². The summed E-state index contributed by atoms with van der Waals surface area (Å²) in [5.74, 6) is 0.104. The van der Waals surface area contributed by atoms with Crippen LogP contribution in [0.25, 0.3) is 0 Å². The Hall–Kier alpha value is -0.610. The molecular formula is C11H20N2O2. The fourth-order valence-electron chi connectivity index (χ4n) is 2.40. The molecule has 0 bridgehead atoms. The van der Waals surface area contributed by atoms with Gasteiger partial charge >= 0.3 is 0 Å². The summed E-state index contributed by atoms with van der Waals surface area (Å²) in [6.45, 7) is 0.944. The molecule has 0 aromatic carbocycles. The molecule has 0 aromatic rings. The third kappa shape index (κ3) is 2.32. The number of amides is 1. The van der Waals surface area contributed by atoms with E-state index in [1.165, 1.54) is 0 Å². The monoisotopic (exact) mass is 212 g/mol. The number of carbonyl (C=O) groups is 1. The first-order chi connectivity index (χ1) is 7.26. The predicted molar refractivity (Wildman–Crippen MR) is 57.5 cm³/mol. The van der Waals surface area contributed by atoms with E-state index in [9.17, 15) is 9.90 Å². The van der Waals surface area contributed by atoms with Crippen LogP contribution in [-0.4, -0.2) is 35.7 Å². The largest absolute Gasteiger partial charge is 0.394 e. The van der Waals surface area contributed by atoms with Crippen LogP contribution in [0.4, 0.5) is 0 Å². The molecule has 86 valence electrons. The van der Waals surface area contributed by atoms with Crippen molar-refractivity contribution in [2.45, 2.75) is 50.1 Å². The maximum Gasteiger partial charge on any atom is 0.237 e. The highest BCUT2D eigenvalue weighted by molar-refractivity contribution is 5.82. The van der Waals surface area contributed by atoms with Gasteiger partial charge in [-0.1, -0.05) is 0 Å². The van der Waals surface area contributed by atoms with Gasteiger partial charge in [-0.2, -0.15) is 0 Å². The third-order valence-corrected chi connectivity index (χ3v) is 3.63. The van der Waals surface area contributed by atoms with Crippen molar-refractivity contribution < 1.29 is 9.90 Å². The average molecular weight is 212 g/mol. The van der Waals surface area contributed by atoms with Gasteiger partial charge in [-0.25, -0.2) is 0 Å². The van der Waals surface area contributed by atoms with Gasteiger partial charge in [-0.15, -0.1) is 0 Å². The van der Waals surface area contributed by atoms with Gasteiger partial charge in [0.05, 0.1) is 12.6 Å². The van der Waals surface area contributed by atoms with Crippen LogP contribution in [-0.2, 0) is 4.79 Å². The zero-order chi connectivity index (χ0) is 10.7. The Balaban J connectivity index is 1.93. The highest BCUT2D eigenvalue weighted by Gasteiger charge is 2.39. The molecule has 0 radical (unpaired) electrons. The van der Waals surface area contributed by atoms with Gasteiger partial charge in [-0.05, 0) is 38.5 Å². The minimum absolute atomic E-state index is 0.0973. The molecule has 1 atom stereocenters. The predicted octanol–water partition coefficient (Wildman–Crippen LogP) is 0.160. The molecule has 1 aliphatic carbocycles. The van der Waals surface area contributed by atoms with Crippen LogP contribution in [0.2, 0.25) is 0 Å². The van der Waals surface area contributed by atoms with E-state index in [2.05, 4.69) is 10.6 Å². The molecule has 1 aliphatic heterocycles. The van der Waals surface area contributed by atoms with Crippen LogP contribution >= 0.6 is 0 Å². The highest BCUT2D eigenvalue weighted by Crippen LogP contribution is 2.32. The van der Waals surface area contributed by atoms with Crippen LogP contribution in [0.5, 0.6) is 0 Å². The van der Waals surface area contributed by atoms with Crippen LogP contribution < -0.4 is 10.6 Å². The van der Waals surface area contributed by atoms with E-state index < -0.39 is 0 Å². The summed E-state index contributed by atoms with van der Waals surface area (Å²) in [6, 6.07) is -0.0973. The molecule has 2 aliphatic rings. The molecule has 3 N–H and O–H groups in total. The number of aliphatic hydroxyl groups is 1. The summed E-state index contributed by atoms with van der Waals surface area (Å²) in [4.78, 5) is 11.7. The van der Waals surface area contributed by atoms with Crippen molar-refractivity contribution in [1.29, 1.82) is 0 Å². The standard InChI is InChI=1S/C11H20N2O2/c14-8-11(5-3-6-11)13-9-4-1-2-7-12-10(9)15/h9,13-14H,1-8H2,(H,12,15). The topological polar surface area (TPSA) is 61.4 Å². The summed E-state index contributed by atoms with van der Waals surface area (Å²) < 4.78 is 0. The summed E-state index contributed by atoms with van der Waals surface area (Å²) in [5, 5.41) is 15.6. The molecule has 1 saturated heterocycles. The Labute approximate surface area is 90.4 Å². The van der Waals surface area contributed by atoms with Gasteiger partial charge in [-0.3, -0.25) is 10.1 Å². The first-order valence-electron chi connectivity index (χ1n) is 5.92. The number of rotatable bonds is 3. The number of nitrogens with one attached hydrogen (secondary N) is 2. The Morgan fingerprint density at radius 3 is 2.80 bits per heavy atom. The van der Waals surface area contributed by atoms with Crippen molar-refractivity contribution >= 4 is 5.91 Å². The molecule has 1 amide bonds. The minimum Gasteiger partial charge on any atom is -0.394 e. The van der Waals surface area contributed by atoms with Crippen LogP contribution in [0.1, 0.15) is 38.5 Å². The molecule has 0 spiro atoms. The Morgan fingerprint density at radius 1 is 1.40 bits per heavy atom. The van der Waals surface area contributed by atoms with Gasteiger partial charge < -0.3 is 10.4 Å². The molecule has 4 nitrogen and oxygen atoms in total. The first kappa shape index (κ1) is 10.9. The first-order valence-corrected chi connectivity index (χ1v) is 5.92. The van der Waals surface area contributed by atoms with Crippen molar-refractivity contribution in [2.24, 2.45) is 0 Å². The van der Waals surface area contributed by atoms with Gasteiger partial charge in [0.1, 0.15) is 0 Å². The SMILES string of the molecule is O=C1NCCCCC1NC1(CO)CCC1. The maximum absolute atomic E-state index is 11.7. The molecule has 15 heavy (non-hydrogen) atoms. The van der Waals surface area contributed by atoms with E-state index in [1.54, 1.807) is 0 Å². The lowest BCUT2D eigenvalue weighted by molar-refractivity contribution is -0.124. The Kier molecular flexibility index (Phi) is 3.26. The second-order valence-corrected chi connectivity index (χ2v) is 4.78. The van der Waals surface area contributed by atoms with Crippen LogP contribution in [0, 0.1) is 0 Å². The molecule has 1 unspecified atom stereocenters. The number of aliphatic hydroxyl groups excluding tert-OH is 1. The van der Waals surface area contributed by atoms with Gasteiger partial charge in [0.15, 0.2) is 0 Å². The van der Waals surface area contributed by atoms with Crippen LogP contribution in [0.15, 0.2) is 0 Å². The second kappa shape index (κ2) is 4.49. The fourth-order valence-corrected chi connectivity index (χ4v) is 2.40. The number of hydrogen-bond acceptors (Lipinski definition) is 3. The van der Waals surface area contributed by atoms with Crippen molar-refractivity contribution in [1.82, 2.24) is 10.6 Å². The molecule has 4 heteroatoms.